The molecule has 1 fully saturated rings. The van der Waals surface area contributed by atoms with Gasteiger partial charge in [-0.3, -0.25) is 9.59 Å². The van der Waals surface area contributed by atoms with E-state index < -0.39 is 17.3 Å². The van der Waals surface area contributed by atoms with Crippen LogP contribution in [0.4, 0.5) is 0 Å². The number of carboxylic acids is 1. The smallest absolute Gasteiger partial charge is 0.319 e. The fraction of sp³-hybridized carbons (Fsp3) is 0.429. The Hall–Kier alpha value is -2.04. The van der Waals surface area contributed by atoms with Gasteiger partial charge in [0.1, 0.15) is 11.2 Å². The molecule has 1 atom stereocenters. The van der Waals surface area contributed by atoms with Crippen molar-refractivity contribution in [1.82, 2.24) is 5.32 Å². The zero-order valence-corrected chi connectivity index (χ0v) is 10.7. The number of carbonyl (C=O) groups is 2. The molecule has 0 heterocycles. The van der Waals surface area contributed by atoms with Gasteiger partial charge < -0.3 is 15.5 Å². The molecule has 0 aliphatic heterocycles. The lowest BCUT2D eigenvalue weighted by Gasteiger charge is -2.24. The molecule has 5 heteroatoms. The molecule has 3 N–H and O–H groups in total. The van der Waals surface area contributed by atoms with Crippen LogP contribution in [-0.2, 0) is 16.0 Å². The molecule has 0 bridgehead atoms. The van der Waals surface area contributed by atoms with Crippen LogP contribution in [0.1, 0.15) is 25.3 Å². The molecule has 19 heavy (non-hydrogen) atoms. The first-order chi connectivity index (χ1) is 8.91. The van der Waals surface area contributed by atoms with Gasteiger partial charge in [-0.25, -0.2) is 0 Å². The second-order valence-electron chi connectivity index (χ2n) is 5.23. The van der Waals surface area contributed by atoms with Gasteiger partial charge in [0, 0.05) is 6.04 Å². The Bertz CT molecular complexity index is 510. The van der Waals surface area contributed by atoms with Gasteiger partial charge in [-0.05, 0) is 43.9 Å². The van der Waals surface area contributed by atoms with Gasteiger partial charge in [0.05, 0.1) is 0 Å². The number of aromatic hydroxyl groups is 1. The second kappa shape index (κ2) is 4.91. The monoisotopic (exact) mass is 263 g/mol. The number of carbonyl (C=O) groups excluding carboxylic acids is 1. The largest absolute Gasteiger partial charge is 0.508 e. The Labute approximate surface area is 111 Å². The van der Waals surface area contributed by atoms with E-state index in [1.807, 2.05) is 0 Å². The maximum absolute atomic E-state index is 12.1. The first-order valence-corrected chi connectivity index (χ1v) is 6.24. The van der Waals surface area contributed by atoms with Crippen LogP contribution in [-0.4, -0.2) is 28.1 Å². The molecule has 1 aliphatic rings. The summed E-state index contributed by atoms with van der Waals surface area (Å²) in [5, 5.41) is 21.5. The fourth-order valence-corrected chi connectivity index (χ4v) is 1.90. The number of aliphatic carboxylic acids is 1. The lowest BCUT2D eigenvalue weighted by molar-refractivity contribution is -0.154. The topological polar surface area (TPSA) is 86.6 Å². The summed E-state index contributed by atoms with van der Waals surface area (Å²) in [5.74, 6) is -1.56. The number of phenols is 1. The standard InChI is InChI=1S/C14H17NO4/c1-14(13(18)19,12(17)15-10-5-6-10)8-9-3-2-4-11(16)7-9/h2-4,7,10,16H,5-6,8H2,1H3,(H,15,17)(H,18,19). The number of rotatable bonds is 5. The van der Waals surface area contributed by atoms with Crippen LogP contribution in [0.2, 0.25) is 0 Å². The minimum absolute atomic E-state index is 0.0509. The third kappa shape index (κ3) is 3.05. The first-order valence-electron chi connectivity index (χ1n) is 6.24. The second-order valence-corrected chi connectivity index (χ2v) is 5.23. The van der Waals surface area contributed by atoms with Crippen LogP contribution in [0.15, 0.2) is 24.3 Å². The van der Waals surface area contributed by atoms with E-state index in [1.165, 1.54) is 19.1 Å². The lowest BCUT2D eigenvalue weighted by Crippen LogP contribution is -2.46. The number of amides is 1. The van der Waals surface area contributed by atoms with Gasteiger partial charge in [-0.15, -0.1) is 0 Å². The van der Waals surface area contributed by atoms with E-state index in [0.29, 0.717) is 5.56 Å². The molecule has 0 spiro atoms. The molecule has 2 rings (SSSR count). The predicted octanol–water partition coefficient (Wildman–Crippen LogP) is 1.30. The summed E-state index contributed by atoms with van der Waals surface area (Å²) >= 11 is 0. The minimum Gasteiger partial charge on any atom is -0.508 e. The van der Waals surface area contributed by atoms with Gasteiger partial charge >= 0.3 is 5.97 Å². The van der Waals surface area contributed by atoms with Crippen molar-refractivity contribution in [2.75, 3.05) is 0 Å². The summed E-state index contributed by atoms with van der Waals surface area (Å²) in [6.07, 6.45) is 1.87. The van der Waals surface area contributed by atoms with Crippen LogP contribution < -0.4 is 5.32 Å². The summed E-state index contributed by atoms with van der Waals surface area (Å²) in [6, 6.07) is 6.43. The Morgan fingerprint density at radius 3 is 2.63 bits per heavy atom. The van der Waals surface area contributed by atoms with Crippen molar-refractivity contribution in [2.45, 2.75) is 32.2 Å². The van der Waals surface area contributed by atoms with Crippen LogP contribution in [0, 0.1) is 5.41 Å². The maximum atomic E-state index is 12.1. The third-order valence-corrected chi connectivity index (χ3v) is 3.35. The van der Waals surface area contributed by atoms with E-state index in [2.05, 4.69) is 5.32 Å². The number of hydrogen-bond donors (Lipinski definition) is 3. The Balaban J connectivity index is 2.18. The van der Waals surface area contributed by atoms with E-state index in [1.54, 1.807) is 12.1 Å². The van der Waals surface area contributed by atoms with Crippen molar-refractivity contribution in [1.29, 1.82) is 0 Å². The summed E-state index contributed by atoms with van der Waals surface area (Å²) < 4.78 is 0. The molecule has 0 aromatic heterocycles. The lowest BCUT2D eigenvalue weighted by atomic mass is 9.82. The number of benzene rings is 1. The molecule has 0 saturated heterocycles. The van der Waals surface area contributed by atoms with Gasteiger partial charge in [0.25, 0.3) is 0 Å². The van der Waals surface area contributed by atoms with E-state index >= 15 is 0 Å². The van der Waals surface area contributed by atoms with E-state index in [4.69, 9.17) is 0 Å². The summed E-state index contributed by atoms with van der Waals surface area (Å²) in [4.78, 5) is 23.5. The van der Waals surface area contributed by atoms with Gasteiger partial charge in [-0.2, -0.15) is 0 Å². The molecule has 1 amide bonds. The normalized spacial score (nSPS) is 17.5. The molecule has 1 unspecified atom stereocenters. The average Bonchev–Trinajstić information content (AvgIpc) is 3.12. The van der Waals surface area contributed by atoms with Crippen molar-refractivity contribution in [3.8, 4) is 5.75 Å². The summed E-state index contributed by atoms with van der Waals surface area (Å²) in [5.41, 5.74) is -0.896. The van der Waals surface area contributed by atoms with Crippen molar-refractivity contribution < 1.29 is 19.8 Å². The third-order valence-electron chi connectivity index (χ3n) is 3.35. The maximum Gasteiger partial charge on any atom is 0.319 e. The van der Waals surface area contributed by atoms with Crippen molar-refractivity contribution in [2.24, 2.45) is 5.41 Å². The zero-order chi connectivity index (χ0) is 14.0. The molecule has 1 aliphatic carbocycles. The highest BCUT2D eigenvalue weighted by atomic mass is 16.4. The van der Waals surface area contributed by atoms with Crippen LogP contribution in [0.5, 0.6) is 5.75 Å². The van der Waals surface area contributed by atoms with Crippen molar-refractivity contribution >= 4 is 11.9 Å². The van der Waals surface area contributed by atoms with E-state index in [-0.39, 0.29) is 18.2 Å². The quantitative estimate of drug-likeness (QED) is 0.699. The Morgan fingerprint density at radius 1 is 1.42 bits per heavy atom. The SMILES string of the molecule is CC(Cc1cccc(O)c1)(C(=O)O)C(=O)NC1CC1. The van der Waals surface area contributed by atoms with Crippen LogP contribution in [0.3, 0.4) is 0 Å². The van der Waals surface area contributed by atoms with Crippen LogP contribution >= 0.6 is 0 Å². The van der Waals surface area contributed by atoms with E-state index in [0.717, 1.165) is 12.8 Å². The number of nitrogens with one attached hydrogen (secondary N) is 1. The highest BCUT2D eigenvalue weighted by Crippen LogP contribution is 2.28. The number of carboxylic acid groups (broad SMARTS) is 1. The van der Waals surface area contributed by atoms with Crippen LogP contribution in [0.25, 0.3) is 0 Å². The molecular weight excluding hydrogens is 246 g/mol. The van der Waals surface area contributed by atoms with E-state index in [9.17, 15) is 19.8 Å². The fourth-order valence-electron chi connectivity index (χ4n) is 1.90. The molecule has 1 aromatic carbocycles. The van der Waals surface area contributed by atoms with Gasteiger partial charge in [0.2, 0.25) is 5.91 Å². The number of hydrogen-bond acceptors (Lipinski definition) is 3. The predicted molar refractivity (Wildman–Crippen MR) is 68.7 cm³/mol. The highest BCUT2D eigenvalue weighted by Gasteiger charge is 2.43. The molecule has 1 aromatic rings. The summed E-state index contributed by atoms with van der Waals surface area (Å²) in [7, 11) is 0. The molecule has 102 valence electrons. The first kappa shape index (κ1) is 13.4. The van der Waals surface area contributed by atoms with Gasteiger partial charge in [-0.1, -0.05) is 12.1 Å². The molecule has 1 saturated carbocycles. The number of phenolic OH excluding ortho intramolecular Hbond substituents is 1. The Morgan fingerprint density at radius 2 is 2.11 bits per heavy atom. The Kier molecular flexibility index (Phi) is 3.46. The highest BCUT2D eigenvalue weighted by molar-refractivity contribution is 6.02. The molecular formula is C14H17NO4. The zero-order valence-electron chi connectivity index (χ0n) is 10.7. The van der Waals surface area contributed by atoms with Gasteiger partial charge in [0.15, 0.2) is 0 Å². The van der Waals surface area contributed by atoms with Crippen molar-refractivity contribution in [3.63, 3.8) is 0 Å². The van der Waals surface area contributed by atoms with Crippen molar-refractivity contribution in [3.05, 3.63) is 29.8 Å². The minimum atomic E-state index is -1.52. The molecule has 0 radical (unpaired) electrons. The molecule has 5 nitrogen and oxygen atoms in total. The average molecular weight is 263 g/mol. The summed E-state index contributed by atoms with van der Waals surface area (Å²) in [6.45, 7) is 1.41.